The molecule has 8 heteroatoms. The van der Waals surface area contributed by atoms with Gasteiger partial charge in [-0.2, -0.15) is 0 Å². The molecule has 8 nitrogen and oxygen atoms in total. The Hall–Kier alpha value is -0.320. The average Bonchev–Trinajstić information content (AvgIpc) is 2.76. The quantitative estimate of drug-likeness (QED) is 0.404. The van der Waals surface area contributed by atoms with Crippen LogP contribution in [-0.4, -0.2) is 87.3 Å². The molecule has 0 radical (unpaired) electrons. The topological polar surface area (TPSA) is 129 Å². The summed E-state index contributed by atoms with van der Waals surface area (Å²) in [6, 6.07) is 0. The number of hydrogen-bond donors (Lipinski definition) is 5. The standard InChI is InChI=1S/C21H40O8/c1-6-14-17(24)18(25)19(26)20(29-14)27-10-15-12(9-21(4,5)7-2)16(23)13(22)8-11(3)28-15/h11-20,22-26H,6-10H2,1-5H3. The summed E-state index contributed by atoms with van der Waals surface area (Å²) in [5.74, 6) is -0.358. The van der Waals surface area contributed by atoms with E-state index >= 15 is 0 Å². The maximum absolute atomic E-state index is 10.8. The van der Waals surface area contributed by atoms with Gasteiger partial charge in [-0.05, 0) is 25.2 Å². The van der Waals surface area contributed by atoms with E-state index in [-0.39, 0.29) is 24.0 Å². The number of rotatable bonds is 7. The smallest absolute Gasteiger partial charge is 0.186 e. The summed E-state index contributed by atoms with van der Waals surface area (Å²) in [5, 5.41) is 51.5. The number of aliphatic hydroxyl groups excluding tert-OH is 5. The molecule has 0 bridgehead atoms. The summed E-state index contributed by atoms with van der Waals surface area (Å²) in [7, 11) is 0. The molecule has 0 aromatic carbocycles. The van der Waals surface area contributed by atoms with Crippen LogP contribution in [0.1, 0.15) is 60.3 Å². The van der Waals surface area contributed by atoms with Gasteiger partial charge in [0.15, 0.2) is 6.29 Å². The Kier molecular flexibility index (Phi) is 8.88. The lowest BCUT2D eigenvalue weighted by molar-refractivity contribution is -0.303. The van der Waals surface area contributed by atoms with E-state index in [1.165, 1.54) is 0 Å². The molecule has 2 aliphatic heterocycles. The highest BCUT2D eigenvalue weighted by Crippen LogP contribution is 2.37. The zero-order valence-corrected chi connectivity index (χ0v) is 18.3. The van der Waals surface area contributed by atoms with Crippen LogP contribution in [0.15, 0.2) is 0 Å². The fourth-order valence-electron chi connectivity index (χ4n) is 4.22. The SMILES string of the molecule is CCC1OC(OCC2OC(C)CC(O)C(O)C2CC(C)(C)CC)C(O)C(O)C1O. The van der Waals surface area contributed by atoms with E-state index in [2.05, 4.69) is 20.8 Å². The molecule has 0 saturated carbocycles. The Morgan fingerprint density at radius 1 is 0.897 bits per heavy atom. The molecule has 2 aliphatic rings. The molecule has 10 atom stereocenters. The molecule has 0 amide bonds. The van der Waals surface area contributed by atoms with Gasteiger partial charge >= 0.3 is 0 Å². The van der Waals surface area contributed by atoms with Crippen molar-refractivity contribution in [1.29, 1.82) is 0 Å². The van der Waals surface area contributed by atoms with Gasteiger partial charge in [-0.25, -0.2) is 0 Å². The second-order valence-electron chi connectivity index (χ2n) is 9.42. The predicted molar refractivity (Wildman–Crippen MR) is 106 cm³/mol. The number of aliphatic hydroxyl groups is 5. The largest absolute Gasteiger partial charge is 0.390 e. The van der Waals surface area contributed by atoms with Gasteiger partial charge in [0.05, 0.1) is 37.1 Å². The third-order valence-electron chi connectivity index (χ3n) is 6.53. The van der Waals surface area contributed by atoms with Gasteiger partial charge in [0.25, 0.3) is 0 Å². The molecule has 5 N–H and O–H groups in total. The first-order valence-electron chi connectivity index (χ1n) is 10.8. The fourth-order valence-corrected chi connectivity index (χ4v) is 4.22. The highest BCUT2D eigenvalue weighted by atomic mass is 16.7. The molecule has 29 heavy (non-hydrogen) atoms. The van der Waals surface area contributed by atoms with E-state index < -0.39 is 49.0 Å². The normalized spacial score (nSPS) is 44.5. The molecular weight excluding hydrogens is 380 g/mol. The van der Waals surface area contributed by atoms with E-state index in [0.717, 1.165) is 6.42 Å². The van der Waals surface area contributed by atoms with E-state index in [1.54, 1.807) is 0 Å². The predicted octanol–water partition coefficient (Wildman–Crippen LogP) is 0.562. The first-order valence-corrected chi connectivity index (χ1v) is 10.8. The molecule has 2 fully saturated rings. The van der Waals surface area contributed by atoms with Crippen molar-refractivity contribution in [3.63, 3.8) is 0 Å². The molecule has 2 saturated heterocycles. The van der Waals surface area contributed by atoms with Crippen molar-refractivity contribution < 1.29 is 39.7 Å². The van der Waals surface area contributed by atoms with Gasteiger partial charge in [-0.1, -0.05) is 34.1 Å². The monoisotopic (exact) mass is 420 g/mol. The maximum Gasteiger partial charge on any atom is 0.186 e. The molecule has 0 aromatic rings. The minimum atomic E-state index is -1.39. The van der Waals surface area contributed by atoms with Crippen LogP contribution < -0.4 is 0 Å². The van der Waals surface area contributed by atoms with Crippen LogP contribution in [-0.2, 0) is 14.2 Å². The highest BCUT2D eigenvalue weighted by Gasteiger charge is 2.45. The lowest BCUT2D eigenvalue weighted by atomic mass is 9.75. The third kappa shape index (κ3) is 6.11. The van der Waals surface area contributed by atoms with E-state index in [4.69, 9.17) is 14.2 Å². The Bertz CT molecular complexity index is 499. The molecule has 2 rings (SSSR count). The number of ether oxygens (including phenoxy) is 3. The van der Waals surface area contributed by atoms with E-state index in [0.29, 0.717) is 19.3 Å². The Balaban J connectivity index is 2.13. The zero-order valence-electron chi connectivity index (χ0n) is 18.3. The summed E-state index contributed by atoms with van der Waals surface area (Å²) < 4.78 is 17.5. The molecule has 0 aromatic heterocycles. The maximum atomic E-state index is 10.8. The average molecular weight is 421 g/mol. The lowest BCUT2D eigenvalue weighted by Gasteiger charge is -2.41. The summed E-state index contributed by atoms with van der Waals surface area (Å²) in [6.07, 6.45) is -5.98. The van der Waals surface area contributed by atoms with Gasteiger partial charge < -0.3 is 39.7 Å². The third-order valence-corrected chi connectivity index (χ3v) is 6.53. The van der Waals surface area contributed by atoms with Crippen LogP contribution in [0.5, 0.6) is 0 Å². The van der Waals surface area contributed by atoms with Crippen molar-refractivity contribution in [3.8, 4) is 0 Å². The fraction of sp³-hybridized carbons (Fsp3) is 1.00. The summed E-state index contributed by atoms with van der Waals surface area (Å²) >= 11 is 0. The minimum Gasteiger partial charge on any atom is -0.390 e. The molecular formula is C21H40O8. The van der Waals surface area contributed by atoms with Crippen LogP contribution in [0.3, 0.4) is 0 Å². The van der Waals surface area contributed by atoms with Gasteiger partial charge in [0.1, 0.15) is 18.3 Å². The summed E-state index contributed by atoms with van der Waals surface area (Å²) in [6.45, 7) is 9.98. The molecule has 2 heterocycles. The van der Waals surface area contributed by atoms with Crippen molar-refractivity contribution in [3.05, 3.63) is 0 Å². The van der Waals surface area contributed by atoms with Gasteiger partial charge in [-0.15, -0.1) is 0 Å². The Morgan fingerprint density at radius 3 is 2.14 bits per heavy atom. The molecule has 172 valence electrons. The number of hydrogen-bond acceptors (Lipinski definition) is 8. The van der Waals surface area contributed by atoms with E-state index in [9.17, 15) is 25.5 Å². The first kappa shape index (κ1) is 24.9. The van der Waals surface area contributed by atoms with Gasteiger partial charge in [0, 0.05) is 12.3 Å². The lowest BCUT2D eigenvalue weighted by Crippen LogP contribution is -2.58. The van der Waals surface area contributed by atoms with Gasteiger partial charge in [0.2, 0.25) is 0 Å². The first-order chi connectivity index (χ1) is 13.5. The molecule has 0 aliphatic carbocycles. The van der Waals surface area contributed by atoms with Crippen molar-refractivity contribution in [2.24, 2.45) is 11.3 Å². The summed E-state index contributed by atoms with van der Waals surface area (Å²) in [5.41, 5.74) is -0.0605. The van der Waals surface area contributed by atoms with E-state index in [1.807, 2.05) is 13.8 Å². The van der Waals surface area contributed by atoms with Crippen LogP contribution in [0, 0.1) is 11.3 Å². The second kappa shape index (κ2) is 10.3. The zero-order chi connectivity index (χ0) is 21.9. The van der Waals surface area contributed by atoms with Crippen molar-refractivity contribution in [1.82, 2.24) is 0 Å². The van der Waals surface area contributed by atoms with Crippen molar-refractivity contribution in [2.45, 2.75) is 115 Å². The van der Waals surface area contributed by atoms with Crippen LogP contribution in [0.2, 0.25) is 0 Å². The van der Waals surface area contributed by atoms with Crippen LogP contribution >= 0.6 is 0 Å². The summed E-state index contributed by atoms with van der Waals surface area (Å²) in [4.78, 5) is 0. The van der Waals surface area contributed by atoms with Crippen LogP contribution in [0.4, 0.5) is 0 Å². The molecule has 0 spiro atoms. The van der Waals surface area contributed by atoms with Gasteiger partial charge in [-0.3, -0.25) is 0 Å². The minimum absolute atomic E-state index is 0.0273. The Morgan fingerprint density at radius 2 is 1.55 bits per heavy atom. The van der Waals surface area contributed by atoms with Crippen molar-refractivity contribution >= 4 is 0 Å². The van der Waals surface area contributed by atoms with Crippen LogP contribution in [0.25, 0.3) is 0 Å². The highest BCUT2D eigenvalue weighted by molar-refractivity contribution is 4.92. The second-order valence-corrected chi connectivity index (χ2v) is 9.42. The Labute approximate surface area is 173 Å². The molecule has 10 unspecified atom stereocenters. The van der Waals surface area contributed by atoms with Crippen molar-refractivity contribution in [2.75, 3.05) is 6.61 Å².